The molecule has 2 rings (SSSR count). The third kappa shape index (κ3) is 3.48. The van der Waals surface area contributed by atoms with Crippen LogP contribution in [-0.2, 0) is 6.54 Å². The summed E-state index contributed by atoms with van der Waals surface area (Å²) in [5.41, 5.74) is -0.104. The SMILES string of the molecule is CSc1ccc([N+](=O)[O-])c(C(=O)N(C)Cc2ccc(C)o2)c1. The first-order valence-electron chi connectivity index (χ1n) is 6.55. The predicted octanol–water partition coefficient (Wildman–Crippen LogP) is 3.49. The van der Waals surface area contributed by atoms with Crippen molar-refractivity contribution in [3.05, 3.63) is 57.5 Å². The number of rotatable bonds is 5. The van der Waals surface area contributed by atoms with Crippen LogP contribution < -0.4 is 0 Å². The minimum atomic E-state index is -0.539. The van der Waals surface area contributed by atoms with Crippen LogP contribution in [0.3, 0.4) is 0 Å². The van der Waals surface area contributed by atoms with E-state index in [2.05, 4.69) is 0 Å². The summed E-state index contributed by atoms with van der Waals surface area (Å²) in [6.07, 6.45) is 1.85. The zero-order chi connectivity index (χ0) is 16.3. The maximum absolute atomic E-state index is 12.5. The van der Waals surface area contributed by atoms with Gasteiger partial charge in [-0.15, -0.1) is 11.8 Å². The highest BCUT2D eigenvalue weighted by atomic mass is 32.2. The summed E-state index contributed by atoms with van der Waals surface area (Å²) in [5, 5.41) is 11.1. The molecule has 0 bridgehead atoms. The molecule has 0 unspecified atom stereocenters. The molecule has 0 aliphatic carbocycles. The minimum absolute atomic E-state index is 0.0858. The van der Waals surface area contributed by atoms with Crippen LogP contribution in [0, 0.1) is 17.0 Å². The number of carbonyl (C=O) groups excluding carboxylic acids is 1. The molecule has 0 saturated carbocycles. The molecule has 0 aliphatic heterocycles. The molecule has 0 aliphatic rings. The highest BCUT2D eigenvalue weighted by Gasteiger charge is 2.24. The topological polar surface area (TPSA) is 76.6 Å². The summed E-state index contributed by atoms with van der Waals surface area (Å²) in [7, 11) is 1.59. The fraction of sp³-hybridized carbons (Fsp3) is 0.267. The van der Waals surface area contributed by atoms with Crippen molar-refractivity contribution in [3.8, 4) is 0 Å². The Morgan fingerprint density at radius 2 is 2.09 bits per heavy atom. The first kappa shape index (κ1) is 16.1. The van der Waals surface area contributed by atoms with Crippen LogP contribution in [0.25, 0.3) is 0 Å². The van der Waals surface area contributed by atoms with E-state index in [1.54, 1.807) is 25.2 Å². The lowest BCUT2D eigenvalue weighted by molar-refractivity contribution is -0.385. The van der Waals surface area contributed by atoms with E-state index in [0.29, 0.717) is 5.76 Å². The predicted molar refractivity (Wildman–Crippen MR) is 84.1 cm³/mol. The lowest BCUT2D eigenvalue weighted by Gasteiger charge is -2.16. The van der Waals surface area contributed by atoms with E-state index in [-0.39, 0.29) is 17.8 Å². The van der Waals surface area contributed by atoms with E-state index in [1.807, 2.05) is 19.2 Å². The summed E-state index contributed by atoms with van der Waals surface area (Å²) in [6, 6.07) is 8.14. The van der Waals surface area contributed by atoms with Gasteiger partial charge in [0.25, 0.3) is 11.6 Å². The maximum atomic E-state index is 12.5. The molecule has 2 aromatic rings. The summed E-state index contributed by atoms with van der Waals surface area (Å²) in [5.74, 6) is 0.986. The van der Waals surface area contributed by atoms with Gasteiger partial charge in [0, 0.05) is 18.0 Å². The van der Waals surface area contributed by atoms with Crippen LogP contribution >= 0.6 is 11.8 Å². The fourth-order valence-corrected chi connectivity index (χ4v) is 2.49. The third-order valence-corrected chi connectivity index (χ3v) is 3.89. The Labute approximate surface area is 132 Å². The summed E-state index contributed by atoms with van der Waals surface area (Å²) < 4.78 is 5.43. The number of furan rings is 1. The molecule has 22 heavy (non-hydrogen) atoms. The van der Waals surface area contributed by atoms with Gasteiger partial charge < -0.3 is 9.32 Å². The second kappa shape index (κ2) is 6.65. The monoisotopic (exact) mass is 320 g/mol. The van der Waals surface area contributed by atoms with Crippen molar-refractivity contribution in [2.75, 3.05) is 13.3 Å². The lowest BCUT2D eigenvalue weighted by atomic mass is 10.1. The smallest absolute Gasteiger partial charge is 0.282 e. The second-order valence-corrected chi connectivity index (χ2v) is 5.69. The Balaban J connectivity index is 2.28. The van der Waals surface area contributed by atoms with Crippen LogP contribution in [0.4, 0.5) is 5.69 Å². The lowest BCUT2D eigenvalue weighted by Crippen LogP contribution is -2.26. The molecule has 116 valence electrons. The van der Waals surface area contributed by atoms with Gasteiger partial charge in [0.2, 0.25) is 0 Å². The number of nitro benzene ring substituents is 1. The Bertz CT molecular complexity index is 711. The van der Waals surface area contributed by atoms with Gasteiger partial charge in [-0.05, 0) is 37.4 Å². The molecule has 7 heteroatoms. The molecule has 1 aromatic heterocycles. The first-order valence-corrected chi connectivity index (χ1v) is 7.78. The second-order valence-electron chi connectivity index (χ2n) is 4.81. The number of thioether (sulfide) groups is 1. The van der Waals surface area contributed by atoms with Gasteiger partial charge in [0.1, 0.15) is 17.1 Å². The standard InChI is InChI=1S/C15H16N2O4S/c1-10-4-5-11(21-10)9-16(2)15(18)13-8-12(22-3)6-7-14(13)17(19)20/h4-8H,9H2,1-3H3. The minimum Gasteiger partial charge on any atom is -0.464 e. The molecule has 0 N–H and O–H groups in total. The quantitative estimate of drug-likeness (QED) is 0.479. The molecule has 1 aromatic carbocycles. The molecule has 0 fully saturated rings. The molecule has 1 heterocycles. The van der Waals surface area contributed by atoms with E-state index in [4.69, 9.17) is 4.42 Å². The van der Waals surface area contributed by atoms with E-state index < -0.39 is 10.8 Å². The largest absolute Gasteiger partial charge is 0.464 e. The summed E-state index contributed by atoms with van der Waals surface area (Å²) >= 11 is 1.43. The average Bonchev–Trinajstić information content (AvgIpc) is 2.90. The van der Waals surface area contributed by atoms with Crippen molar-refractivity contribution in [2.45, 2.75) is 18.4 Å². The highest BCUT2D eigenvalue weighted by molar-refractivity contribution is 7.98. The van der Waals surface area contributed by atoms with Crippen molar-refractivity contribution >= 4 is 23.4 Å². The van der Waals surface area contributed by atoms with Crippen LogP contribution in [0.15, 0.2) is 39.6 Å². The molecule has 0 spiro atoms. The van der Waals surface area contributed by atoms with Crippen molar-refractivity contribution in [1.82, 2.24) is 4.90 Å². The van der Waals surface area contributed by atoms with Gasteiger partial charge in [0.05, 0.1) is 11.5 Å². The number of nitro groups is 1. The van der Waals surface area contributed by atoms with E-state index >= 15 is 0 Å². The van der Waals surface area contributed by atoms with Crippen LogP contribution in [-0.4, -0.2) is 29.0 Å². The number of benzene rings is 1. The molecule has 6 nitrogen and oxygen atoms in total. The van der Waals surface area contributed by atoms with Crippen molar-refractivity contribution < 1.29 is 14.1 Å². The van der Waals surface area contributed by atoms with Gasteiger partial charge >= 0.3 is 0 Å². The molecule has 1 amide bonds. The Morgan fingerprint density at radius 3 is 2.64 bits per heavy atom. The number of aryl methyl sites for hydroxylation is 1. The van der Waals surface area contributed by atoms with E-state index in [9.17, 15) is 14.9 Å². The van der Waals surface area contributed by atoms with Crippen LogP contribution in [0.5, 0.6) is 0 Å². The Kier molecular flexibility index (Phi) is 4.87. The number of amides is 1. The fourth-order valence-electron chi connectivity index (χ4n) is 2.05. The third-order valence-electron chi connectivity index (χ3n) is 3.17. The molecular weight excluding hydrogens is 304 g/mol. The number of nitrogens with zero attached hydrogens (tertiary/aromatic N) is 2. The van der Waals surface area contributed by atoms with Gasteiger partial charge in [0.15, 0.2) is 0 Å². The van der Waals surface area contributed by atoms with Gasteiger partial charge in [-0.3, -0.25) is 14.9 Å². The van der Waals surface area contributed by atoms with Crippen molar-refractivity contribution in [3.63, 3.8) is 0 Å². The zero-order valence-corrected chi connectivity index (χ0v) is 13.3. The van der Waals surface area contributed by atoms with E-state index in [1.165, 1.54) is 22.7 Å². The summed E-state index contributed by atoms with van der Waals surface area (Å²) in [6.45, 7) is 2.07. The molecular formula is C15H16N2O4S. The Hall–Kier alpha value is -2.28. The van der Waals surface area contributed by atoms with Gasteiger partial charge in [-0.2, -0.15) is 0 Å². The average molecular weight is 320 g/mol. The van der Waals surface area contributed by atoms with Crippen LogP contribution in [0.1, 0.15) is 21.9 Å². The number of hydrogen-bond donors (Lipinski definition) is 0. The molecule has 0 saturated heterocycles. The van der Waals surface area contributed by atoms with Gasteiger partial charge in [-0.1, -0.05) is 0 Å². The number of hydrogen-bond acceptors (Lipinski definition) is 5. The number of carbonyl (C=O) groups is 1. The van der Waals surface area contributed by atoms with Crippen LogP contribution in [0.2, 0.25) is 0 Å². The highest BCUT2D eigenvalue weighted by Crippen LogP contribution is 2.26. The summed E-state index contributed by atoms with van der Waals surface area (Å²) in [4.78, 5) is 25.3. The van der Waals surface area contributed by atoms with E-state index in [0.717, 1.165) is 10.7 Å². The van der Waals surface area contributed by atoms with Crippen molar-refractivity contribution in [1.29, 1.82) is 0 Å². The molecule has 0 atom stereocenters. The molecule has 0 radical (unpaired) electrons. The zero-order valence-electron chi connectivity index (χ0n) is 12.5. The van der Waals surface area contributed by atoms with Gasteiger partial charge in [-0.25, -0.2) is 0 Å². The normalized spacial score (nSPS) is 10.5. The maximum Gasteiger partial charge on any atom is 0.282 e. The Morgan fingerprint density at radius 1 is 1.36 bits per heavy atom. The van der Waals surface area contributed by atoms with Crippen molar-refractivity contribution in [2.24, 2.45) is 0 Å². The first-order chi connectivity index (χ1) is 10.4.